The Balaban J connectivity index is 2.14. The van der Waals surface area contributed by atoms with Crippen LogP contribution in [0.5, 0.6) is 5.88 Å². The maximum absolute atomic E-state index is 14.3. The fraction of sp³-hybridized carbons (Fsp3) is 0.400. The minimum Gasteiger partial charge on any atom is -0.477 e. The Morgan fingerprint density at radius 3 is 2.56 bits per heavy atom. The van der Waals surface area contributed by atoms with Crippen LogP contribution in [0.2, 0.25) is 0 Å². The van der Waals surface area contributed by atoms with Crippen molar-refractivity contribution >= 4 is 22.9 Å². The standard InChI is InChI=1S/C20H23F4N3O4S/c1-4-9-31-19-14(6-8-17(26-19)20(22,23)24)11-25-18(28)12(2)13-5-7-16(15(21)10-13)27(3)32(29)30/h5-8,10,12H,4,9,11H2,1-3H3,(H,25,28)(H,29,30). The molecule has 176 valence electrons. The molecule has 2 aromatic rings. The molecular formula is C20H23F4N3O4S. The Labute approximate surface area is 185 Å². The number of nitrogens with zero attached hydrogens (tertiary/aromatic N) is 2. The second-order valence-electron chi connectivity index (χ2n) is 6.89. The first-order valence-electron chi connectivity index (χ1n) is 9.57. The van der Waals surface area contributed by atoms with Crippen molar-refractivity contribution in [3.63, 3.8) is 0 Å². The van der Waals surface area contributed by atoms with Gasteiger partial charge in [-0.3, -0.25) is 13.7 Å². The van der Waals surface area contributed by atoms with Gasteiger partial charge in [-0.15, -0.1) is 0 Å². The Kier molecular flexibility index (Phi) is 8.56. The van der Waals surface area contributed by atoms with Gasteiger partial charge in [0.2, 0.25) is 11.8 Å². The van der Waals surface area contributed by atoms with Crippen molar-refractivity contribution in [3.8, 4) is 5.88 Å². The molecule has 0 aliphatic carbocycles. The molecule has 1 aromatic heterocycles. The average molecular weight is 477 g/mol. The summed E-state index contributed by atoms with van der Waals surface area (Å²) in [6.07, 6.45) is -4.07. The third kappa shape index (κ3) is 6.39. The molecule has 32 heavy (non-hydrogen) atoms. The van der Waals surface area contributed by atoms with E-state index in [0.29, 0.717) is 12.0 Å². The summed E-state index contributed by atoms with van der Waals surface area (Å²) in [6.45, 7) is 3.33. The predicted octanol–water partition coefficient (Wildman–Crippen LogP) is 4.02. The van der Waals surface area contributed by atoms with Crippen LogP contribution in [0.3, 0.4) is 0 Å². The minimum absolute atomic E-state index is 0.115. The second-order valence-corrected chi connectivity index (χ2v) is 7.89. The molecule has 0 bridgehead atoms. The lowest BCUT2D eigenvalue weighted by Crippen LogP contribution is -2.28. The number of alkyl halides is 3. The van der Waals surface area contributed by atoms with Gasteiger partial charge in [-0.05, 0) is 43.2 Å². The number of carbonyl (C=O) groups excluding carboxylic acids is 1. The van der Waals surface area contributed by atoms with Gasteiger partial charge in [0.25, 0.3) is 11.3 Å². The first-order chi connectivity index (χ1) is 15.0. The number of anilines is 1. The van der Waals surface area contributed by atoms with Crippen LogP contribution in [0.1, 0.15) is 43.0 Å². The third-order valence-corrected chi connectivity index (χ3v) is 5.23. The number of halogens is 4. The third-order valence-electron chi connectivity index (χ3n) is 4.56. The van der Waals surface area contributed by atoms with Crippen LogP contribution >= 0.6 is 0 Å². The highest BCUT2D eigenvalue weighted by Gasteiger charge is 2.33. The zero-order chi connectivity index (χ0) is 24.1. The molecule has 2 unspecified atom stereocenters. The predicted molar refractivity (Wildman–Crippen MR) is 111 cm³/mol. The minimum atomic E-state index is -4.63. The highest BCUT2D eigenvalue weighted by molar-refractivity contribution is 7.80. The highest BCUT2D eigenvalue weighted by Crippen LogP contribution is 2.30. The molecule has 7 nitrogen and oxygen atoms in total. The number of amides is 1. The van der Waals surface area contributed by atoms with E-state index in [9.17, 15) is 26.6 Å². The zero-order valence-corrected chi connectivity index (χ0v) is 18.4. The quantitative estimate of drug-likeness (QED) is 0.421. The van der Waals surface area contributed by atoms with Crippen molar-refractivity contribution in [1.29, 1.82) is 0 Å². The van der Waals surface area contributed by atoms with E-state index in [-0.39, 0.29) is 30.3 Å². The summed E-state index contributed by atoms with van der Waals surface area (Å²) in [5, 5.41) is 2.59. The van der Waals surface area contributed by atoms with Crippen LogP contribution < -0.4 is 14.4 Å². The summed E-state index contributed by atoms with van der Waals surface area (Å²) in [4.78, 5) is 16.0. The van der Waals surface area contributed by atoms with Gasteiger partial charge >= 0.3 is 6.18 Å². The topological polar surface area (TPSA) is 91.8 Å². The number of hydrogen-bond donors (Lipinski definition) is 2. The first kappa shape index (κ1) is 25.5. The van der Waals surface area contributed by atoms with Crippen LogP contribution in [0.15, 0.2) is 30.3 Å². The Hall–Kier alpha value is -2.73. The van der Waals surface area contributed by atoms with Gasteiger partial charge in [0.05, 0.1) is 18.2 Å². The lowest BCUT2D eigenvalue weighted by atomic mass is 9.99. The normalized spacial score (nSPS) is 13.4. The van der Waals surface area contributed by atoms with E-state index in [1.807, 2.05) is 0 Å². The van der Waals surface area contributed by atoms with Crippen LogP contribution in [0, 0.1) is 5.82 Å². The van der Waals surface area contributed by atoms with Gasteiger partial charge in [0, 0.05) is 19.2 Å². The maximum atomic E-state index is 14.3. The summed E-state index contributed by atoms with van der Waals surface area (Å²) in [5.74, 6) is -2.30. The number of nitrogens with one attached hydrogen (secondary N) is 1. The van der Waals surface area contributed by atoms with E-state index < -0.39 is 40.8 Å². The number of aromatic nitrogens is 1. The van der Waals surface area contributed by atoms with Gasteiger partial charge in [-0.25, -0.2) is 13.6 Å². The molecule has 1 amide bonds. The van der Waals surface area contributed by atoms with Gasteiger partial charge in [0.1, 0.15) is 11.5 Å². The molecule has 0 radical (unpaired) electrons. The molecule has 0 aliphatic heterocycles. The molecule has 2 atom stereocenters. The smallest absolute Gasteiger partial charge is 0.433 e. The van der Waals surface area contributed by atoms with Crippen LogP contribution in [-0.4, -0.2) is 33.3 Å². The fourth-order valence-corrected chi connectivity index (χ4v) is 3.02. The number of rotatable bonds is 9. The molecule has 12 heteroatoms. The molecule has 2 rings (SSSR count). The zero-order valence-electron chi connectivity index (χ0n) is 17.6. The molecular weight excluding hydrogens is 454 g/mol. The number of hydrogen-bond acceptors (Lipinski definition) is 4. The molecule has 2 N–H and O–H groups in total. The molecule has 0 spiro atoms. The molecule has 1 heterocycles. The average Bonchev–Trinajstić information content (AvgIpc) is 2.74. The Bertz CT molecular complexity index is 988. The summed E-state index contributed by atoms with van der Waals surface area (Å²) in [7, 11) is 1.24. The summed E-state index contributed by atoms with van der Waals surface area (Å²) in [6, 6.07) is 5.80. The molecule has 0 saturated carbocycles. The molecule has 0 saturated heterocycles. The summed E-state index contributed by atoms with van der Waals surface area (Å²) in [5.41, 5.74) is -0.637. The lowest BCUT2D eigenvalue weighted by molar-refractivity contribution is -0.141. The molecule has 0 aliphatic rings. The van der Waals surface area contributed by atoms with Crippen LogP contribution in [0.25, 0.3) is 0 Å². The molecule has 0 fully saturated rings. The largest absolute Gasteiger partial charge is 0.477 e. The van der Waals surface area contributed by atoms with E-state index in [1.54, 1.807) is 6.92 Å². The highest BCUT2D eigenvalue weighted by atomic mass is 32.2. The number of ether oxygens (including phenoxy) is 1. The van der Waals surface area contributed by atoms with E-state index in [0.717, 1.165) is 16.4 Å². The van der Waals surface area contributed by atoms with Gasteiger partial charge < -0.3 is 10.1 Å². The van der Waals surface area contributed by atoms with Crippen molar-refractivity contribution in [1.82, 2.24) is 10.3 Å². The van der Waals surface area contributed by atoms with Gasteiger partial charge in [-0.1, -0.05) is 13.0 Å². The van der Waals surface area contributed by atoms with E-state index in [1.165, 1.54) is 32.2 Å². The monoisotopic (exact) mass is 477 g/mol. The SMILES string of the molecule is CCCOc1nc(C(F)(F)F)ccc1CNC(=O)C(C)c1ccc(N(C)S(=O)O)c(F)c1. The van der Waals surface area contributed by atoms with Crippen molar-refractivity contribution in [2.24, 2.45) is 0 Å². The van der Waals surface area contributed by atoms with E-state index in [2.05, 4.69) is 10.3 Å². The number of pyridine rings is 1. The van der Waals surface area contributed by atoms with Crippen molar-refractivity contribution < 1.29 is 35.9 Å². The van der Waals surface area contributed by atoms with E-state index >= 15 is 0 Å². The van der Waals surface area contributed by atoms with Crippen molar-refractivity contribution in [2.75, 3.05) is 18.0 Å². The summed E-state index contributed by atoms with van der Waals surface area (Å²) >= 11 is -2.41. The van der Waals surface area contributed by atoms with Crippen molar-refractivity contribution in [2.45, 2.75) is 38.9 Å². The van der Waals surface area contributed by atoms with E-state index in [4.69, 9.17) is 9.29 Å². The lowest BCUT2D eigenvalue weighted by Gasteiger charge is -2.18. The Morgan fingerprint density at radius 2 is 2.00 bits per heavy atom. The maximum Gasteiger partial charge on any atom is 0.433 e. The van der Waals surface area contributed by atoms with Crippen LogP contribution in [0.4, 0.5) is 23.2 Å². The second kappa shape index (κ2) is 10.7. The number of benzene rings is 1. The fourth-order valence-electron chi connectivity index (χ4n) is 2.70. The molecule has 1 aromatic carbocycles. The van der Waals surface area contributed by atoms with Gasteiger partial charge in [-0.2, -0.15) is 13.2 Å². The van der Waals surface area contributed by atoms with Crippen LogP contribution in [-0.2, 0) is 28.8 Å². The van der Waals surface area contributed by atoms with Gasteiger partial charge in [0.15, 0.2) is 0 Å². The summed E-state index contributed by atoms with van der Waals surface area (Å²) < 4.78 is 79.4. The number of carbonyl (C=O) groups is 1. The first-order valence-corrected chi connectivity index (χ1v) is 10.6. The van der Waals surface area contributed by atoms with Crippen molar-refractivity contribution in [3.05, 3.63) is 53.0 Å². The Morgan fingerprint density at radius 1 is 1.31 bits per heavy atom.